The molecule has 0 unspecified atom stereocenters. The number of nitrogens with one attached hydrogen (secondary N) is 1. The van der Waals surface area contributed by atoms with Crippen molar-refractivity contribution >= 4 is 40.4 Å². The predicted octanol–water partition coefficient (Wildman–Crippen LogP) is 4.39. The number of esters is 1. The zero-order chi connectivity index (χ0) is 21.3. The van der Waals surface area contributed by atoms with Gasteiger partial charge in [0.05, 0.1) is 30.8 Å². The first kappa shape index (κ1) is 21.0. The van der Waals surface area contributed by atoms with Gasteiger partial charge in [0.1, 0.15) is 0 Å². The van der Waals surface area contributed by atoms with E-state index in [0.29, 0.717) is 28.6 Å². The van der Waals surface area contributed by atoms with E-state index in [1.54, 1.807) is 6.07 Å². The van der Waals surface area contributed by atoms with Gasteiger partial charge in [-0.3, -0.25) is 4.79 Å². The summed E-state index contributed by atoms with van der Waals surface area (Å²) < 4.78 is 5.11. The van der Waals surface area contributed by atoms with E-state index in [1.807, 2.05) is 35.4 Å². The van der Waals surface area contributed by atoms with Gasteiger partial charge in [-0.1, -0.05) is 48.5 Å². The average Bonchev–Trinajstić information content (AvgIpc) is 3.51. The molecule has 1 fully saturated rings. The van der Waals surface area contributed by atoms with Crippen molar-refractivity contribution < 1.29 is 14.3 Å². The third-order valence-electron chi connectivity index (χ3n) is 5.46. The van der Waals surface area contributed by atoms with E-state index in [2.05, 4.69) is 5.32 Å². The maximum absolute atomic E-state index is 12.8. The fraction of sp³-hybridized carbons (Fsp3) is 0.409. The van der Waals surface area contributed by atoms with Crippen molar-refractivity contribution in [1.82, 2.24) is 10.2 Å². The zero-order valence-electron chi connectivity index (χ0n) is 17.0. The molecular weight excluding hydrogens is 422 g/mol. The Kier molecular flexibility index (Phi) is 6.20. The molecular formula is C22H24ClN3O3S. The Morgan fingerprint density at radius 2 is 2.10 bits per heavy atom. The second-order valence-corrected chi connectivity index (χ2v) is 8.79. The lowest BCUT2D eigenvalue weighted by molar-refractivity contribution is -0.136. The number of rotatable bonds is 7. The number of carbonyl (C=O) groups is 2. The molecule has 0 aromatic heterocycles. The molecule has 8 heteroatoms. The predicted molar refractivity (Wildman–Crippen MR) is 119 cm³/mol. The van der Waals surface area contributed by atoms with E-state index >= 15 is 0 Å². The van der Waals surface area contributed by atoms with Gasteiger partial charge in [-0.15, -0.1) is 0 Å². The monoisotopic (exact) mass is 445 g/mol. The second-order valence-electron chi connectivity index (χ2n) is 7.55. The van der Waals surface area contributed by atoms with Crippen molar-refractivity contribution in [2.45, 2.75) is 38.6 Å². The molecule has 1 aromatic carbocycles. The van der Waals surface area contributed by atoms with Crippen LogP contribution in [-0.2, 0) is 14.3 Å². The largest absolute Gasteiger partial charge is 0.466 e. The Balaban J connectivity index is 1.70. The first-order chi connectivity index (χ1) is 14.5. The van der Waals surface area contributed by atoms with Gasteiger partial charge in [0.25, 0.3) is 0 Å². The molecule has 0 radical (unpaired) electrons. The second kappa shape index (κ2) is 8.86. The molecule has 1 saturated carbocycles. The lowest BCUT2D eigenvalue weighted by Gasteiger charge is -2.36. The number of amides is 1. The lowest BCUT2D eigenvalue weighted by Crippen LogP contribution is -2.38. The van der Waals surface area contributed by atoms with Gasteiger partial charge >= 0.3 is 5.97 Å². The maximum Gasteiger partial charge on any atom is 0.338 e. The molecule has 0 saturated heterocycles. The molecule has 158 valence electrons. The van der Waals surface area contributed by atoms with E-state index in [9.17, 15) is 9.59 Å². The van der Waals surface area contributed by atoms with Crippen molar-refractivity contribution in [3.05, 3.63) is 57.2 Å². The fourth-order valence-corrected chi connectivity index (χ4v) is 4.89. The van der Waals surface area contributed by atoms with Gasteiger partial charge in [0.15, 0.2) is 5.17 Å². The molecule has 4 rings (SSSR count). The minimum Gasteiger partial charge on any atom is -0.466 e. The first-order valence-electron chi connectivity index (χ1n) is 10.1. The Morgan fingerprint density at radius 1 is 1.33 bits per heavy atom. The van der Waals surface area contributed by atoms with Crippen LogP contribution in [0.25, 0.3) is 0 Å². The minimum atomic E-state index is -0.494. The van der Waals surface area contributed by atoms with Gasteiger partial charge in [0.2, 0.25) is 5.91 Å². The number of carbonyl (C=O) groups excluding carboxylic acids is 2. The van der Waals surface area contributed by atoms with Crippen molar-refractivity contribution in [2.24, 2.45) is 10.9 Å². The summed E-state index contributed by atoms with van der Waals surface area (Å²) in [5.41, 5.74) is 2.72. The highest BCUT2D eigenvalue weighted by atomic mass is 35.5. The van der Waals surface area contributed by atoms with Crippen molar-refractivity contribution in [1.29, 1.82) is 0 Å². The van der Waals surface area contributed by atoms with Crippen LogP contribution in [0.4, 0.5) is 0 Å². The van der Waals surface area contributed by atoms with Gasteiger partial charge in [-0.05, 0) is 42.2 Å². The molecule has 6 nitrogen and oxygen atoms in total. The van der Waals surface area contributed by atoms with Crippen LogP contribution >= 0.6 is 23.4 Å². The highest BCUT2D eigenvalue weighted by Crippen LogP contribution is 2.46. The Labute approximate surface area is 185 Å². The quantitative estimate of drug-likeness (QED) is 0.630. The summed E-state index contributed by atoms with van der Waals surface area (Å²) in [7, 11) is 1.37. The van der Waals surface area contributed by atoms with E-state index in [1.165, 1.54) is 31.7 Å². The van der Waals surface area contributed by atoms with Crippen LogP contribution in [0.1, 0.15) is 44.2 Å². The summed E-state index contributed by atoms with van der Waals surface area (Å²) in [6, 6.07) is 6.96. The molecule has 1 aromatic rings. The number of hydrogen-bond donors (Lipinski definition) is 1. The van der Waals surface area contributed by atoms with Gasteiger partial charge < -0.3 is 15.0 Å². The number of nitrogens with zero attached hydrogens (tertiary/aromatic N) is 2. The molecule has 1 atom stereocenters. The normalized spacial score (nSPS) is 20.5. The molecule has 30 heavy (non-hydrogen) atoms. The third-order valence-corrected chi connectivity index (χ3v) is 6.69. The van der Waals surface area contributed by atoms with Crippen molar-refractivity contribution in [2.75, 3.05) is 13.7 Å². The van der Waals surface area contributed by atoms with Gasteiger partial charge in [-0.2, -0.15) is 0 Å². The van der Waals surface area contributed by atoms with Gasteiger partial charge in [0, 0.05) is 17.3 Å². The van der Waals surface area contributed by atoms with Crippen LogP contribution in [0.15, 0.2) is 51.6 Å². The maximum atomic E-state index is 12.8. The summed E-state index contributed by atoms with van der Waals surface area (Å²) in [5.74, 6) is 0.150. The van der Waals surface area contributed by atoms with Crippen molar-refractivity contribution in [3.8, 4) is 0 Å². The lowest BCUT2D eigenvalue weighted by atomic mass is 9.93. The number of allylic oxidation sites excluding steroid dienone is 1. The van der Waals surface area contributed by atoms with E-state index in [-0.39, 0.29) is 12.3 Å². The van der Waals surface area contributed by atoms with Crippen LogP contribution in [0, 0.1) is 5.92 Å². The number of methoxy groups -OCH3 is 1. The minimum absolute atomic E-state index is 0.0298. The number of fused-ring (bicyclic) bond motifs is 1. The summed E-state index contributed by atoms with van der Waals surface area (Å²) in [4.78, 5) is 32.0. The number of halogens is 1. The SMILES string of the molecule is CCC1=C(C(=O)OC)[C@H](c2ccccc2Cl)N2C(CC(=O)NCC3CC3)=CSC2=N1. The molecule has 2 aliphatic heterocycles. The van der Waals surface area contributed by atoms with Crippen LogP contribution in [0.3, 0.4) is 0 Å². The molecule has 1 aliphatic carbocycles. The highest BCUT2D eigenvalue weighted by Gasteiger charge is 2.42. The Bertz CT molecular complexity index is 968. The average molecular weight is 446 g/mol. The van der Waals surface area contributed by atoms with Crippen LogP contribution in [0.2, 0.25) is 5.02 Å². The number of benzene rings is 1. The summed E-state index contributed by atoms with van der Waals surface area (Å²) in [6.45, 7) is 2.68. The topological polar surface area (TPSA) is 71.0 Å². The molecule has 3 aliphatic rings. The number of hydrogen-bond acceptors (Lipinski definition) is 6. The van der Waals surface area contributed by atoms with E-state index in [0.717, 1.165) is 23.0 Å². The number of ether oxygens (including phenoxy) is 1. The van der Waals surface area contributed by atoms with Gasteiger partial charge in [-0.25, -0.2) is 9.79 Å². The number of thioether (sulfide) groups is 1. The summed E-state index contributed by atoms with van der Waals surface area (Å²) >= 11 is 8.01. The van der Waals surface area contributed by atoms with Crippen LogP contribution in [0.5, 0.6) is 0 Å². The molecule has 1 amide bonds. The molecule has 0 spiro atoms. The molecule has 2 heterocycles. The Morgan fingerprint density at radius 3 is 2.77 bits per heavy atom. The standard InChI is InChI=1S/C22H24ClN3O3S/c1-3-17-19(21(28)29-2)20(15-6-4-5-7-16(15)23)26-14(12-30-22(26)25-17)10-18(27)24-11-13-8-9-13/h4-7,12-13,20H,3,8-11H2,1-2H3,(H,24,27)/t20-/m0/s1. The van der Waals surface area contributed by atoms with Crippen molar-refractivity contribution in [3.63, 3.8) is 0 Å². The zero-order valence-corrected chi connectivity index (χ0v) is 18.6. The summed E-state index contributed by atoms with van der Waals surface area (Å²) in [6.07, 6.45) is 3.17. The Hall–Kier alpha value is -2.25. The number of aliphatic imine (C=N–C) groups is 1. The molecule has 0 bridgehead atoms. The van der Waals surface area contributed by atoms with Crippen LogP contribution < -0.4 is 5.32 Å². The van der Waals surface area contributed by atoms with E-state index in [4.69, 9.17) is 21.3 Å². The fourth-order valence-electron chi connectivity index (χ4n) is 3.71. The third kappa shape index (κ3) is 4.14. The smallest absolute Gasteiger partial charge is 0.338 e. The highest BCUT2D eigenvalue weighted by molar-refractivity contribution is 8.16. The van der Waals surface area contributed by atoms with Crippen LogP contribution in [-0.4, -0.2) is 35.6 Å². The summed E-state index contributed by atoms with van der Waals surface area (Å²) in [5, 5.41) is 6.25. The first-order valence-corrected chi connectivity index (χ1v) is 11.3. The molecule has 1 N–H and O–H groups in total. The van der Waals surface area contributed by atoms with E-state index < -0.39 is 12.0 Å². The number of amidine groups is 1.